The molecular formula is C24H16ClF2NO3S. The van der Waals surface area contributed by atoms with Gasteiger partial charge in [-0.1, -0.05) is 48.0 Å². The number of halogens is 3. The van der Waals surface area contributed by atoms with Gasteiger partial charge in [0.15, 0.2) is 0 Å². The average Bonchev–Trinajstić information content (AvgIpc) is 3.02. The molecule has 3 aromatic rings. The molecule has 1 fully saturated rings. The second-order valence-corrected chi connectivity index (χ2v) is 8.32. The minimum absolute atomic E-state index is 0.0614. The number of ether oxygens (including phenoxy) is 1. The van der Waals surface area contributed by atoms with E-state index in [4.69, 9.17) is 16.3 Å². The standard InChI is InChI=1S/C24H16ClF2NO3S/c25-19-8-4-10-21(27)18(19)14-31-17-7-3-5-15(11-17)12-22-23(29)28(24(30)32-22)13-16-6-1-2-9-20(16)26/h1-12H,13-14H2/b22-12+. The molecule has 4 rings (SSSR count). The smallest absolute Gasteiger partial charge is 0.293 e. The minimum Gasteiger partial charge on any atom is -0.489 e. The van der Waals surface area contributed by atoms with Gasteiger partial charge in [0.1, 0.15) is 24.0 Å². The molecule has 0 unspecified atom stereocenters. The van der Waals surface area contributed by atoms with E-state index in [1.165, 1.54) is 24.3 Å². The van der Waals surface area contributed by atoms with Gasteiger partial charge in [-0.15, -0.1) is 0 Å². The van der Waals surface area contributed by atoms with E-state index in [-0.39, 0.29) is 34.2 Å². The molecule has 32 heavy (non-hydrogen) atoms. The van der Waals surface area contributed by atoms with Crippen molar-refractivity contribution in [2.75, 3.05) is 0 Å². The zero-order valence-corrected chi connectivity index (χ0v) is 18.1. The molecule has 2 amide bonds. The van der Waals surface area contributed by atoms with Crippen LogP contribution in [0.15, 0.2) is 71.6 Å². The normalized spacial score (nSPS) is 15.0. The van der Waals surface area contributed by atoms with Crippen LogP contribution in [0, 0.1) is 11.6 Å². The summed E-state index contributed by atoms with van der Waals surface area (Å²) in [5, 5.41) is -0.198. The maximum absolute atomic E-state index is 13.9. The molecular weight excluding hydrogens is 456 g/mol. The maximum Gasteiger partial charge on any atom is 0.293 e. The van der Waals surface area contributed by atoms with Crippen molar-refractivity contribution in [1.29, 1.82) is 0 Å². The van der Waals surface area contributed by atoms with Crippen LogP contribution in [0.25, 0.3) is 6.08 Å². The minimum atomic E-state index is -0.493. The van der Waals surface area contributed by atoms with Crippen LogP contribution in [0.3, 0.4) is 0 Å². The number of hydrogen-bond donors (Lipinski definition) is 0. The van der Waals surface area contributed by atoms with E-state index < -0.39 is 22.8 Å². The first-order chi connectivity index (χ1) is 15.4. The Morgan fingerprint density at radius 3 is 2.50 bits per heavy atom. The Labute approximate surface area is 192 Å². The fraction of sp³-hybridized carbons (Fsp3) is 0.0833. The van der Waals surface area contributed by atoms with Gasteiger partial charge < -0.3 is 4.74 Å². The third kappa shape index (κ3) is 4.84. The van der Waals surface area contributed by atoms with E-state index in [1.807, 2.05) is 0 Å². The molecule has 0 bridgehead atoms. The first kappa shape index (κ1) is 22.0. The molecule has 0 spiro atoms. The quantitative estimate of drug-likeness (QED) is 0.388. The Bertz CT molecular complexity index is 1210. The van der Waals surface area contributed by atoms with Crippen LogP contribution in [0.2, 0.25) is 5.02 Å². The summed E-state index contributed by atoms with van der Waals surface area (Å²) in [5.41, 5.74) is 1.13. The van der Waals surface area contributed by atoms with Gasteiger partial charge in [0.05, 0.1) is 16.5 Å². The van der Waals surface area contributed by atoms with Crippen molar-refractivity contribution >= 4 is 40.6 Å². The van der Waals surface area contributed by atoms with E-state index in [9.17, 15) is 18.4 Å². The predicted molar refractivity (Wildman–Crippen MR) is 120 cm³/mol. The molecule has 162 valence electrons. The molecule has 0 aromatic heterocycles. The van der Waals surface area contributed by atoms with Gasteiger partial charge >= 0.3 is 0 Å². The Morgan fingerprint density at radius 2 is 1.72 bits per heavy atom. The summed E-state index contributed by atoms with van der Waals surface area (Å²) < 4.78 is 33.5. The summed E-state index contributed by atoms with van der Waals surface area (Å²) in [7, 11) is 0. The van der Waals surface area contributed by atoms with Crippen molar-refractivity contribution in [3.05, 3.63) is 105 Å². The van der Waals surface area contributed by atoms with Gasteiger partial charge in [-0.25, -0.2) is 8.78 Å². The van der Waals surface area contributed by atoms with Crippen molar-refractivity contribution in [2.24, 2.45) is 0 Å². The molecule has 1 aliphatic rings. The second-order valence-electron chi connectivity index (χ2n) is 6.92. The van der Waals surface area contributed by atoms with E-state index in [2.05, 4.69) is 0 Å². The zero-order chi connectivity index (χ0) is 22.7. The van der Waals surface area contributed by atoms with Gasteiger partial charge in [-0.05, 0) is 53.7 Å². The van der Waals surface area contributed by atoms with Crippen molar-refractivity contribution in [3.63, 3.8) is 0 Å². The number of carbonyl (C=O) groups excluding carboxylic acids is 2. The number of carbonyl (C=O) groups is 2. The summed E-state index contributed by atoms with van der Waals surface area (Å²) >= 11 is 6.81. The zero-order valence-electron chi connectivity index (χ0n) is 16.6. The number of nitrogens with zero attached hydrogens (tertiary/aromatic N) is 1. The molecule has 1 saturated heterocycles. The molecule has 1 aliphatic heterocycles. The lowest BCUT2D eigenvalue weighted by Gasteiger charge is -2.12. The van der Waals surface area contributed by atoms with E-state index in [0.717, 1.165) is 16.7 Å². The highest BCUT2D eigenvalue weighted by Crippen LogP contribution is 2.34. The highest BCUT2D eigenvalue weighted by molar-refractivity contribution is 8.18. The first-order valence-electron chi connectivity index (χ1n) is 9.57. The Kier molecular flexibility index (Phi) is 6.58. The number of rotatable bonds is 6. The largest absolute Gasteiger partial charge is 0.489 e. The summed E-state index contributed by atoms with van der Waals surface area (Å²) in [5.74, 6) is -0.983. The molecule has 0 atom stereocenters. The molecule has 0 radical (unpaired) electrons. The van der Waals surface area contributed by atoms with Crippen LogP contribution < -0.4 is 4.74 Å². The lowest BCUT2D eigenvalue weighted by Crippen LogP contribution is -2.27. The van der Waals surface area contributed by atoms with Crippen molar-refractivity contribution in [1.82, 2.24) is 4.90 Å². The summed E-state index contributed by atoms with van der Waals surface area (Å²) in [6.07, 6.45) is 1.56. The number of amides is 2. The Balaban J connectivity index is 1.49. The van der Waals surface area contributed by atoms with Crippen LogP contribution >= 0.6 is 23.4 Å². The van der Waals surface area contributed by atoms with E-state index >= 15 is 0 Å². The Morgan fingerprint density at radius 1 is 0.969 bits per heavy atom. The fourth-order valence-electron chi connectivity index (χ4n) is 3.10. The predicted octanol–water partition coefficient (Wildman–Crippen LogP) is 6.43. The molecule has 3 aromatic carbocycles. The van der Waals surface area contributed by atoms with Crippen LogP contribution in [-0.4, -0.2) is 16.0 Å². The summed E-state index contributed by atoms with van der Waals surface area (Å²) in [6, 6.07) is 17.2. The van der Waals surface area contributed by atoms with Gasteiger partial charge in [0, 0.05) is 11.1 Å². The summed E-state index contributed by atoms with van der Waals surface area (Å²) in [4.78, 5) is 26.3. The molecule has 0 aliphatic carbocycles. The van der Waals surface area contributed by atoms with Crippen LogP contribution in [0.1, 0.15) is 16.7 Å². The fourth-order valence-corrected chi connectivity index (χ4v) is 4.16. The molecule has 4 nitrogen and oxygen atoms in total. The van der Waals surface area contributed by atoms with E-state index in [1.54, 1.807) is 48.5 Å². The lowest BCUT2D eigenvalue weighted by molar-refractivity contribution is -0.123. The highest BCUT2D eigenvalue weighted by Gasteiger charge is 2.35. The Hall–Kier alpha value is -3.16. The highest BCUT2D eigenvalue weighted by atomic mass is 35.5. The first-order valence-corrected chi connectivity index (χ1v) is 10.8. The topological polar surface area (TPSA) is 46.6 Å². The molecule has 0 N–H and O–H groups in total. The molecule has 8 heteroatoms. The molecule has 0 saturated carbocycles. The van der Waals surface area contributed by atoms with Crippen LogP contribution in [0.5, 0.6) is 5.75 Å². The third-order valence-electron chi connectivity index (χ3n) is 4.76. The monoisotopic (exact) mass is 471 g/mol. The number of hydrogen-bond acceptors (Lipinski definition) is 4. The number of benzene rings is 3. The average molecular weight is 472 g/mol. The molecule has 1 heterocycles. The van der Waals surface area contributed by atoms with Crippen molar-refractivity contribution in [3.8, 4) is 5.75 Å². The number of thioether (sulfide) groups is 1. The lowest BCUT2D eigenvalue weighted by atomic mass is 10.2. The second kappa shape index (κ2) is 9.54. The maximum atomic E-state index is 13.9. The third-order valence-corrected chi connectivity index (χ3v) is 6.02. The van der Waals surface area contributed by atoms with E-state index in [0.29, 0.717) is 11.3 Å². The SMILES string of the molecule is O=C1S/C(=C/c2cccc(OCc3c(F)cccc3Cl)c2)C(=O)N1Cc1ccccc1F. The van der Waals surface area contributed by atoms with Gasteiger partial charge in [0.25, 0.3) is 11.1 Å². The van der Waals surface area contributed by atoms with Gasteiger partial charge in [-0.3, -0.25) is 14.5 Å². The van der Waals surface area contributed by atoms with Crippen molar-refractivity contribution in [2.45, 2.75) is 13.2 Å². The number of imide groups is 1. The van der Waals surface area contributed by atoms with Crippen LogP contribution in [-0.2, 0) is 17.9 Å². The summed E-state index contributed by atoms with van der Waals surface area (Å²) in [6.45, 7) is -0.199. The van der Waals surface area contributed by atoms with Crippen molar-refractivity contribution < 1.29 is 23.1 Å². The van der Waals surface area contributed by atoms with Crippen LogP contribution in [0.4, 0.5) is 13.6 Å². The van der Waals surface area contributed by atoms with Gasteiger partial charge in [-0.2, -0.15) is 0 Å². The van der Waals surface area contributed by atoms with Gasteiger partial charge in [0.2, 0.25) is 0 Å².